The Bertz CT molecular complexity index is 812. The van der Waals surface area contributed by atoms with Crippen LogP contribution in [0.15, 0.2) is 48.5 Å². The van der Waals surface area contributed by atoms with Crippen LogP contribution in [-0.2, 0) is 11.2 Å². The minimum absolute atomic E-state index is 0.117. The van der Waals surface area contributed by atoms with Crippen molar-refractivity contribution in [2.75, 3.05) is 13.2 Å². The average Bonchev–Trinajstić information content (AvgIpc) is 3.03. The van der Waals surface area contributed by atoms with Gasteiger partial charge in [-0.15, -0.1) is 0 Å². The number of rotatable bonds is 7. The quantitative estimate of drug-likeness (QED) is 0.403. The number of nitrogens with one attached hydrogen (secondary N) is 3. The lowest BCUT2D eigenvalue weighted by Crippen LogP contribution is -3.01. The number of carbonyl (C=O) groups is 1. The van der Waals surface area contributed by atoms with Crippen molar-refractivity contribution in [2.45, 2.75) is 6.42 Å². The van der Waals surface area contributed by atoms with Crippen LogP contribution in [0.2, 0.25) is 0 Å². The number of fused-ring (bicyclic) bond motifs is 1. The molecular weight excluding hydrogens is 324 g/mol. The Hall–Kier alpha value is -2.94. The molecule has 0 radical (unpaired) electrons. The van der Waals surface area contributed by atoms with Crippen LogP contribution in [0.25, 0.3) is 11.0 Å². The Balaban J connectivity index is 1.42. The molecule has 0 aliphatic carbocycles. The molecule has 0 spiro atoms. The van der Waals surface area contributed by atoms with Gasteiger partial charge in [-0.25, -0.2) is 4.98 Å². The number of imidazole rings is 1. The third-order valence-corrected chi connectivity index (χ3v) is 3.60. The van der Waals surface area contributed by atoms with Crippen molar-refractivity contribution in [3.8, 4) is 5.75 Å². The highest BCUT2D eigenvalue weighted by molar-refractivity contribution is 5.77. The highest BCUT2D eigenvalue weighted by Gasteiger charge is 2.07. The van der Waals surface area contributed by atoms with Crippen molar-refractivity contribution in [2.24, 2.45) is 0 Å². The number of carbonyl (C=O) groups excluding carboxylic acids is 1. The zero-order valence-electron chi connectivity index (χ0n) is 13.4. The summed E-state index contributed by atoms with van der Waals surface area (Å²) in [5.74, 6) is 1.05. The molecule has 0 aliphatic rings. The Labute approximate surface area is 143 Å². The number of quaternary nitrogens is 1. The third-order valence-electron chi connectivity index (χ3n) is 3.60. The van der Waals surface area contributed by atoms with Crippen molar-refractivity contribution in [1.82, 2.24) is 15.3 Å². The minimum Gasteiger partial charge on any atom is -0.484 e. The fourth-order valence-corrected chi connectivity index (χ4v) is 2.34. The maximum atomic E-state index is 11.8. The molecule has 0 bridgehead atoms. The second-order valence-corrected chi connectivity index (χ2v) is 5.44. The first-order valence-corrected chi connectivity index (χ1v) is 7.80. The highest BCUT2D eigenvalue weighted by atomic mass is 16.8. The lowest BCUT2D eigenvalue weighted by atomic mass is 10.3. The van der Waals surface area contributed by atoms with E-state index >= 15 is 0 Å². The predicted molar refractivity (Wildman–Crippen MR) is 88.9 cm³/mol. The van der Waals surface area contributed by atoms with Crippen LogP contribution in [0.1, 0.15) is 5.82 Å². The van der Waals surface area contributed by atoms with E-state index in [9.17, 15) is 4.79 Å². The summed E-state index contributed by atoms with van der Waals surface area (Å²) < 4.78 is 5.35. The molecule has 2 aromatic carbocycles. The summed E-state index contributed by atoms with van der Waals surface area (Å²) in [4.78, 5) is 19.5. The summed E-state index contributed by atoms with van der Waals surface area (Å²) in [6.07, 6.45) is 0.598. The van der Waals surface area contributed by atoms with Gasteiger partial charge in [-0.1, -0.05) is 12.1 Å². The fourth-order valence-electron chi connectivity index (χ4n) is 2.34. The van der Waals surface area contributed by atoms with Gasteiger partial charge in [0.2, 0.25) is 0 Å². The molecule has 1 aromatic heterocycles. The largest absolute Gasteiger partial charge is 0.484 e. The first kappa shape index (κ1) is 16.9. The monoisotopic (exact) mass is 343 g/mol. The summed E-state index contributed by atoms with van der Waals surface area (Å²) in [6.45, 7) is 0.336. The van der Waals surface area contributed by atoms with Crippen molar-refractivity contribution >= 4 is 22.6 Å². The first-order chi connectivity index (χ1) is 12.1. The van der Waals surface area contributed by atoms with Gasteiger partial charge in [0.05, 0.1) is 11.0 Å². The second-order valence-electron chi connectivity index (χ2n) is 5.44. The van der Waals surface area contributed by atoms with E-state index in [1.165, 1.54) is 12.1 Å². The van der Waals surface area contributed by atoms with E-state index < -0.39 is 5.23 Å². The number of hydrogen-bond acceptors (Lipinski definition) is 5. The number of nitrogens with zero attached hydrogens (tertiary/aromatic N) is 1. The Morgan fingerprint density at radius 1 is 1.16 bits per heavy atom. The molecule has 1 amide bonds. The number of aromatic amines is 1. The van der Waals surface area contributed by atoms with Crippen LogP contribution in [0.3, 0.4) is 0 Å². The van der Waals surface area contributed by atoms with Crippen molar-refractivity contribution in [3.05, 3.63) is 54.4 Å². The predicted octanol–water partition coefficient (Wildman–Crippen LogP) is 0.595. The third kappa shape index (κ3) is 4.54. The van der Waals surface area contributed by atoms with Gasteiger partial charge in [0.25, 0.3) is 5.91 Å². The van der Waals surface area contributed by atoms with Gasteiger partial charge in [0.1, 0.15) is 11.6 Å². The highest BCUT2D eigenvalue weighted by Crippen LogP contribution is 2.12. The van der Waals surface area contributed by atoms with Crippen LogP contribution in [0.5, 0.6) is 5.75 Å². The summed E-state index contributed by atoms with van der Waals surface area (Å²) in [6, 6.07) is 13.9. The number of H-pyrrole nitrogens is 1. The number of ether oxygens (including phenoxy) is 1. The molecule has 0 aliphatic heterocycles. The van der Waals surface area contributed by atoms with E-state index in [1.54, 1.807) is 12.1 Å². The standard InChI is InChI=1S/C17H18N4O4/c22-17(11-25-13-7-5-12(6-8-13)21(23)24)18-10-9-16-19-14-3-1-2-4-15(14)20-16/h1-8,23-24H,9-11H2,(H,18,22)(H,19,20)/p+1. The molecule has 0 unspecified atom stereocenters. The van der Waals surface area contributed by atoms with Crippen molar-refractivity contribution in [1.29, 1.82) is 0 Å². The molecule has 25 heavy (non-hydrogen) atoms. The summed E-state index contributed by atoms with van der Waals surface area (Å²) in [5.41, 5.74) is 2.16. The summed E-state index contributed by atoms with van der Waals surface area (Å²) in [5, 5.41) is 19.9. The smallest absolute Gasteiger partial charge is 0.257 e. The maximum absolute atomic E-state index is 11.8. The number of aromatic nitrogens is 2. The molecule has 0 fully saturated rings. The SMILES string of the molecule is O=C(COc1ccc([NH+](O)O)cc1)NCCc1nc2ccccc2[nH]1. The summed E-state index contributed by atoms with van der Waals surface area (Å²) >= 11 is 0. The van der Waals surface area contributed by atoms with E-state index in [0.717, 1.165) is 16.9 Å². The molecule has 130 valence electrons. The zero-order chi connectivity index (χ0) is 17.6. The van der Waals surface area contributed by atoms with E-state index in [2.05, 4.69) is 15.3 Å². The van der Waals surface area contributed by atoms with Gasteiger partial charge in [-0.05, 0) is 29.5 Å². The summed E-state index contributed by atoms with van der Waals surface area (Å²) in [7, 11) is 0. The van der Waals surface area contributed by atoms with Crippen molar-refractivity contribution in [3.63, 3.8) is 0 Å². The minimum atomic E-state index is -0.755. The average molecular weight is 343 g/mol. The number of para-hydroxylation sites is 2. The number of amides is 1. The lowest BCUT2D eigenvalue weighted by molar-refractivity contribution is -1.19. The van der Waals surface area contributed by atoms with Crippen molar-refractivity contribution < 1.29 is 25.2 Å². The van der Waals surface area contributed by atoms with Gasteiger partial charge in [0.15, 0.2) is 12.3 Å². The van der Waals surface area contributed by atoms with Crippen LogP contribution in [0.4, 0.5) is 5.69 Å². The first-order valence-electron chi connectivity index (χ1n) is 7.80. The molecule has 3 rings (SSSR count). The Morgan fingerprint density at radius 3 is 2.64 bits per heavy atom. The molecule has 1 heterocycles. The molecule has 5 N–H and O–H groups in total. The topological polar surface area (TPSA) is 112 Å². The number of hydrogen-bond donors (Lipinski definition) is 5. The number of benzene rings is 2. The fraction of sp³-hybridized carbons (Fsp3) is 0.176. The van der Waals surface area contributed by atoms with Crippen LogP contribution >= 0.6 is 0 Å². The molecule has 8 nitrogen and oxygen atoms in total. The van der Waals surface area contributed by atoms with E-state index in [1.807, 2.05) is 24.3 Å². The molecule has 3 aromatic rings. The Morgan fingerprint density at radius 2 is 1.92 bits per heavy atom. The van der Waals surface area contributed by atoms with Gasteiger partial charge < -0.3 is 15.0 Å². The zero-order valence-corrected chi connectivity index (χ0v) is 13.4. The molecule has 0 atom stereocenters. The van der Waals surface area contributed by atoms with Crippen LogP contribution in [0, 0.1) is 0 Å². The van der Waals surface area contributed by atoms with E-state index in [4.69, 9.17) is 15.2 Å². The van der Waals surface area contributed by atoms with Gasteiger partial charge in [0, 0.05) is 25.1 Å². The van der Waals surface area contributed by atoms with Gasteiger partial charge in [-0.3, -0.25) is 4.79 Å². The van der Waals surface area contributed by atoms with Crippen LogP contribution in [-0.4, -0.2) is 39.4 Å². The Kier molecular flexibility index (Phi) is 5.24. The van der Waals surface area contributed by atoms with Crippen LogP contribution < -0.4 is 15.3 Å². The lowest BCUT2D eigenvalue weighted by Gasteiger charge is -2.07. The van der Waals surface area contributed by atoms with E-state index in [0.29, 0.717) is 18.7 Å². The molecule has 0 saturated heterocycles. The van der Waals surface area contributed by atoms with Gasteiger partial charge in [-0.2, -0.15) is 10.4 Å². The maximum Gasteiger partial charge on any atom is 0.257 e. The normalized spacial score (nSPS) is 11.0. The second kappa shape index (κ2) is 7.75. The molecular formula is C17H19N4O4+. The molecule has 0 saturated carbocycles. The van der Waals surface area contributed by atoms with E-state index in [-0.39, 0.29) is 18.2 Å². The van der Waals surface area contributed by atoms with Gasteiger partial charge >= 0.3 is 0 Å². The molecule has 8 heteroatoms.